The number of fused-ring (bicyclic) bond motifs is 1. The number of aromatic nitrogens is 4. The summed E-state index contributed by atoms with van der Waals surface area (Å²) in [6, 6.07) is 9.69. The lowest BCUT2D eigenvalue weighted by atomic mass is 9.87. The van der Waals surface area contributed by atoms with E-state index in [0.29, 0.717) is 11.5 Å². The van der Waals surface area contributed by atoms with E-state index in [9.17, 15) is 57.9 Å². The molecule has 0 saturated carbocycles. The van der Waals surface area contributed by atoms with Gasteiger partial charge in [-0.25, -0.2) is 28.6 Å². The number of nitrogens with zero attached hydrogens (tertiary/aromatic N) is 4. The van der Waals surface area contributed by atoms with Gasteiger partial charge in [0.25, 0.3) is 0 Å². The van der Waals surface area contributed by atoms with Crippen molar-refractivity contribution < 1.29 is 80.5 Å². The van der Waals surface area contributed by atoms with Gasteiger partial charge in [0.1, 0.15) is 36.3 Å². The molecule has 10 N–H and O–H groups in total. The number of aliphatic hydroxyl groups is 2. The molecule has 0 spiro atoms. The Morgan fingerprint density at radius 2 is 1.74 bits per heavy atom. The predicted molar refractivity (Wildman–Crippen MR) is 218 cm³/mol. The van der Waals surface area contributed by atoms with Crippen molar-refractivity contribution in [3.63, 3.8) is 0 Å². The van der Waals surface area contributed by atoms with Crippen LogP contribution in [0.4, 0.5) is 5.82 Å². The minimum absolute atomic E-state index is 0.0172. The number of thioether (sulfide) groups is 2. The molecular weight excluding hydrogens is 911 g/mol. The fraction of sp³-hybridized carbons (Fsp3) is 0.500. The molecule has 3 heterocycles. The van der Waals surface area contributed by atoms with Crippen molar-refractivity contribution in [2.24, 2.45) is 5.41 Å². The number of nitrogens with one attached hydrogen (secondary N) is 2. The third-order valence-electron chi connectivity index (χ3n) is 8.58. The maximum absolute atomic E-state index is 12.8. The largest absolute Gasteiger partial charge is 0.481 e. The summed E-state index contributed by atoms with van der Waals surface area (Å²) in [5.74, 6) is -0.554. The molecule has 29 heteroatoms. The van der Waals surface area contributed by atoms with Gasteiger partial charge < -0.3 is 50.9 Å². The molecule has 7 unspecified atom stereocenters. The molecule has 61 heavy (non-hydrogen) atoms. The molecule has 338 valence electrons. The molecule has 1 aliphatic heterocycles. The Hall–Kier alpha value is -3.13. The molecule has 1 saturated heterocycles. The van der Waals surface area contributed by atoms with Crippen LogP contribution in [-0.2, 0) is 56.4 Å². The van der Waals surface area contributed by atoms with Crippen LogP contribution in [0.15, 0.2) is 60.0 Å². The first-order valence-corrected chi connectivity index (χ1v) is 24.4. The smallest absolute Gasteiger partial charge is 0.385 e. The van der Waals surface area contributed by atoms with E-state index >= 15 is 0 Å². The zero-order chi connectivity index (χ0) is 45.2. The zero-order valence-electron chi connectivity index (χ0n) is 32.7. The van der Waals surface area contributed by atoms with Gasteiger partial charge in [-0.3, -0.25) is 32.5 Å². The highest BCUT2D eigenvalue weighted by Crippen LogP contribution is 2.61. The fourth-order valence-electron chi connectivity index (χ4n) is 5.45. The summed E-state index contributed by atoms with van der Waals surface area (Å²) in [6.45, 7) is 1.67. The fourth-order valence-corrected chi connectivity index (χ4v) is 9.60. The van der Waals surface area contributed by atoms with Crippen LogP contribution in [0.5, 0.6) is 0 Å². The lowest BCUT2D eigenvalue weighted by Crippen LogP contribution is -2.46. The molecule has 24 nitrogen and oxygen atoms in total. The van der Waals surface area contributed by atoms with E-state index in [1.165, 1.54) is 26.8 Å². The minimum Gasteiger partial charge on any atom is -0.385 e. The van der Waals surface area contributed by atoms with Crippen LogP contribution in [0.2, 0.25) is 0 Å². The average Bonchev–Trinajstić information content (AvgIpc) is 3.72. The second kappa shape index (κ2) is 21.5. The third kappa shape index (κ3) is 15.0. The Morgan fingerprint density at radius 3 is 2.43 bits per heavy atom. The number of phosphoric acid groups is 3. The number of benzene rings is 1. The van der Waals surface area contributed by atoms with Crippen molar-refractivity contribution >= 4 is 80.9 Å². The molecule has 1 aromatic carbocycles. The summed E-state index contributed by atoms with van der Waals surface area (Å²) in [5.41, 5.74) is 2.29. The van der Waals surface area contributed by atoms with Crippen LogP contribution < -0.4 is 16.4 Å². The highest BCUT2D eigenvalue weighted by molar-refractivity contribution is 8.14. The summed E-state index contributed by atoms with van der Waals surface area (Å²) in [7, 11) is -16.5. The van der Waals surface area contributed by atoms with Gasteiger partial charge in [-0.2, -0.15) is 4.31 Å². The summed E-state index contributed by atoms with van der Waals surface area (Å²) in [5, 5.41) is 26.5. The van der Waals surface area contributed by atoms with E-state index in [1.807, 2.05) is 30.3 Å². The molecule has 0 bridgehead atoms. The maximum Gasteiger partial charge on any atom is 0.481 e. The predicted octanol–water partition coefficient (Wildman–Crippen LogP) is 1.19. The maximum atomic E-state index is 12.8. The standard InChI is InChI=1S/C32H46N7O17P3S2/c1-31(2,27(43)30(44)35-12-11-22(40)34-13-15-61-23(41)10-7-14-60-20-8-5-4-6-9-20)17-53-59(50,51)56-58(48,49)52-16-21-25(55-57(45,46)47)26(42)32(3,54-21)39-19-38-24-28(33)36-18-37-29(24)39/h4-10,18-19,21,25-27,42-43H,11-17H2,1-3H3,(H,34,40)(H,35,44)(H,48,49)(H,50,51)(H2,33,36,37)(H2,45,46,47). The Bertz CT molecular complexity index is 2180. The van der Waals surface area contributed by atoms with Crippen molar-refractivity contribution in [1.29, 1.82) is 0 Å². The second-order valence-electron chi connectivity index (χ2n) is 13.8. The third-order valence-corrected chi connectivity index (χ3v) is 13.5. The van der Waals surface area contributed by atoms with E-state index in [2.05, 4.69) is 29.9 Å². The number of nitrogens with two attached hydrogens (primary N) is 1. The summed E-state index contributed by atoms with van der Waals surface area (Å²) in [4.78, 5) is 89.3. The van der Waals surface area contributed by atoms with Crippen molar-refractivity contribution in [1.82, 2.24) is 30.2 Å². The number of anilines is 1. The number of carbonyl (C=O) groups is 3. The Kier molecular flexibility index (Phi) is 17.8. The van der Waals surface area contributed by atoms with Gasteiger partial charge in [0.05, 0.1) is 19.5 Å². The van der Waals surface area contributed by atoms with Crippen molar-refractivity contribution in [3.05, 3.63) is 55.1 Å². The molecule has 0 radical (unpaired) electrons. The Labute approximate surface area is 356 Å². The monoisotopic (exact) mass is 957 g/mol. The number of carbonyl (C=O) groups excluding carboxylic acids is 3. The first-order valence-electron chi connectivity index (χ1n) is 17.9. The molecule has 3 aromatic rings. The summed E-state index contributed by atoms with van der Waals surface area (Å²) < 4.78 is 62.8. The summed E-state index contributed by atoms with van der Waals surface area (Å²) in [6.07, 6.45) is -2.32. The number of nitrogen functional groups attached to an aromatic ring is 1. The lowest BCUT2D eigenvalue weighted by Gasteiger charge is -2.30. The van der Waals surface area contributed by atoms with Crippen LogP contribution in [0.1, 0.15) is 27.2 Å². The number of imidazole rings is 1. The van der Waals surface area contributed by atoms with Crippen LogP contribution in [0.25, 0.3) is 11.2 Å². The second-order valence-corrected chi connectivity index (χ2v) is 20.3. The molecule has 7 atom stereocenters. The van der Waals surface area contributed by atoms with Crippen molar-refractivity contribution in [3.8, 4) is 0 Å². The molecule has 4 rings (SSSR count). The quantitative estimate of drug-likeness (QED) is 0.0279. The number of aliphatic hydroxyl groups excluding tert-OH is 2. The lowest BCUT2D eigenvalue weighted by molar-refractivity contribution is -0.137. The van der Waals surface area contributed by atoms with Crippen molar-refractivity contribution in [2.45, 2.75) is 62.2 Å². The van der Waals surface area contributed by atoms with Gasteiger partial charge in [0.2, 0.25) is 16.9 Å². The normalized spacial score (nSPS) is 22.1. The first kappa shape index (κ1) is 50.5. The van der Waals surface area contributed by atoms with E-state index < -0.39 is 84.1 Å². The van der Waals surface area contributed by atoms with Crippen LogP contribution in [0, 0.1) is 5.41 Å². The zero-order valence-corrected chi connectivity index (χ0v) is 37.0. The number of amides is 2. The minimum atomic E-state index is -5.60. The van der Waals surface area contributed by atoms with E-state index in [4.69, 9.17) is 24.0 Å². The number of hydrogen-bond acceptors (Lipinski definition) is 19. The summed E-state index contributed by atoms with van der Waals surface area (Å²) >= 11 is 2.60. The van der Waals surface area contributed by atoms with Gasteiger partial charge in [0, 0.05) is 41.3 Å². The molecule has 2 amide bonds. The number of rotatable bonds is 23. The SMILES string of the molecule is CC(C)(COP(=O)(O)OP(=O)(O)OCC1OC(C)(n2cnc3c(N)ncnc32)C(O)C1OP(=O)(O)O)C(O)C(=O)NCCC(=O)NCCSC(=O)C=CCSc1ccccc1. The molecule has 0 aliphatic carbocycles. The Morgan fingerprint density at radius 1 is 1.05 bits per heavy atom. The van der Waals surface area contributed by atoms with Crippen LogP contribution in [-0.4, -0.2) is 128 Å². The van der Waals surface area contributed by atoms with Crippen LogP contribution >= 0.6 is 47.0 Å². The highest BCUT2D eigenvalue weighted by Gasteiger charge is 2.57. The van der Waals surface area contributed by atoms with Gasteiger partial charge in [-0.1, -0.05) is 49.9 Å². The van der Waals surface area contributed by atoms with E-state index in [-0.39, 0.29) is 41.6 Å². The highest BCUT2D eigenvalue weighted by atomic mass is 32.2. The molecule has 1 aliphatic rings. The van der Waals surface area contributed by atoms with Gasteiger partial charge in [-0.15, -0.1) is 11.8 Å². The number of ether oxygens (including phenoxy) is 1. The molecule has 1 fully saturated rings. The van der Waals surface area contributed by atoms with Crippen LogP contribution in [0.3, 0.4) is 0 Å². The number of phosphoric ester groups is 3. The van der Waals surface area contributed by atoms with E-state index in [1.54, 1.807) is 17.8 Å². The van der Waals surface area contributed by atoms with Crippen molar-refractivity contribution in [2.75, 3.05) is 43.5 Å². The molecule has 2 aromatic heterocycles. The number of hydrogen-bond donors (Lipinski definition) is 9. The Balaban J connectivity index is 1.20. The average molecular weight is 958 g/mol. The molecular formula is C32H46N7O17P3S2. The van der Waals surface area contributed by atoms with Gasteiger partial charge in [-0.05, 0) is 25.1 Å². The van der Waals surface area contributed by atoms with Gasteiger partial charge in [0.15, 0.2) is 17.2 Å². The topological polar surface area (TPSA) is 364 Å². The first-order chi connectivity index (χ1) is 28.4. The van der Waals surface area contributed by atoms with E-state index in [0.717, 1.165) is 33.9 Å². The van der Waals surface area contributed by atoms with Gasteiger partial charge >= 0.3 is 23.5 Å².